The van der Waals surface area contributed by atoms with Crippen LogP contribution in [0.2, 0.25) is 5.02 Å². The first kappa shape index (κ1) is 26.0. The molecule has 0 fully saturated rings. The Balaban J connectivity index is 1.52. The number of thioether (sulfide) groups is 1. The van der Waals surface area contributed by atoms with Gasteiger partial charge < -0.3 is 14.5 Å². The Labute approximate surface area is 220 Å². The standard InChI is InChI=1S/C27H30ClN5O2S/c1-5-14-33-17(3)25(21-12-7-8-13-22(21)33)26(35)18(4)36-27-31-30-23(32(27)6-2)16-24(34)29-20-11-9-10-19(28)15-20/h7-13,15,18H,5-6,14,16H2,1-4H3,(H,29,34). The third-order valence-electron chi connectivity index (χ3n) is 6.11. The van der Waals surface area contributed by atoms with Crippen molar-refractivity contribution in [3.8, 4) is 0 Å². The Hall–Kier alpha value is -3.10. The molecule has 0 saturated heterocycles. The largest absolute Gasteiger partial charge is 0.344 e. The van der Waals surface area contributed by atoms with Gasteiger partial charge in [0, 0.05) is 46.0 Å². The molecule has 2 heterocycles. The van der Waals surface area contributed by atoms with E-state index < -0.39 is 0 Å². The maximum Gasteiger partial charge on any atom is 0.232 e. The Morgan fingerprint density at radius 2 is 1.86 bits per heavy atom. The van der Waals surface area contributed by atoms with Gasteiger partial charge in [-0.3, -0.25) is 9.59 Å². The summed E-state index contributed by atoms with van der Waals surface area (Å²) in [6.45, 7) is 9.49. The van der Waals surface area contributed by atoms with Crippen LogP contribution >= 0.6 is 23.4 Å². The molecule has 0 spiro atoms. The molecule has 0 saturated carbocycles. The number of hydrogen-bond acceptors (Lipinski definition) is 5. The third-order valence-corrected chi connectivity index (χ3v) is 7.43. The van der Waals surface area contributed by atoms with Gasteiger partial charge in [-0.1, -0.05) is 54.6 Å². The van der Waals surface area contributed by atoms with E-state index in [1.165, 1.54) is 11.8 Å². The fourth-order valence-corrected chi connectivity index (χ4v) is 5.62. The number of hydrogen-bond donors (Lipinski definition) is 1. The summed E-state index contributed by atoms with van der Waals surface area (Å²) in [6.07, 6.45) is 1.06. The lowest BCUT2D eigenvalue weighted by Gasteiger charge is -2.12. The number of aryl methyl sites for hydroxylation is 1. The average Bonchev–Trinajstić information content (AvgIpc) is 3.36. The zero-order valence-electron chi connectivity index (χ0n) is 20.9. The molecule has 0 aliphatic heterocycles. The van der Waals surface area contributed by atoms with Crippen molar-refractivity contribution in [1.29, 1.82) is 0 Å². The molecule has 9 heteroatoms. The average molecular weight is 524 g/mol. The van der Waals surface area contributed by atoms with Crippen LogP contribution in [-0.4, -0.2) is 36.3 Å². The van der Waals surface area contributed by atoms with Gasteiger partial charge in [-0.05, 0) is 51.5 Å². The molecule has 1 unspecified atom stereocenters. The summed E-state index contributed by atoms with van der Waals surface area (Å²) >= 11 is 7.38. The van der Waals surface area contributed by atoms with E-state index in [1.54, 1.807) is 24.3 Å². The number of rotatable bonds is 10. The molecule has 1 amide bonds. The quantitative estimate of drug-likeness (QED) is 0.198. The van der Waals surface area contributed by atoms with Gasteiger partial charge in [0.1, 0.15) is 5.82 Å². The normalized spacial score (nSPS) is 12.1. The molecule has 36 heavy (non-hydrogen) atoms. The fourth-order valence-electron chi connectivity index (χ4n) is 4.44. The van der Waals surface area contributed by atoms with Crippen molar-refractivity contribution in [2.24, 2.45) is 0 Å². The number of amides is 1. The predicted octanol–water partition coefficient (Wildman–Crippen LogP) is 6.17. The molecular formula is C27H30ClN5O2S. The molecule has 188 valence electrons. The van der Waals surface area contributed by atoms with Crippen LogP contribution < -0.4 is 5.32 Å². The zero-order valence-corrected chi connectivity index (χ0v) is 22.5. The molecule has 4 rings (SSSR count). The molecular weight excluding hydrogens is 494 g/mol. The van der Waals surface area contributed by atoms with Crippen LogP contribution in [0.15, 0.2) is 53.7 Å². The topological polar surface area (TPSA) is 81.8 Å². The van der Waals surface area contributed by atoms with Crippen LogP contribution in [0.3, 0.4) is 0 Å². The number of anilines is 1. The summed E-state index contributed by atoms with van der Waals surface area (Å²) in [4.78, 5) is 26.3. The van der Waals surface area contributed by atoms with Crippen LogP contribution in [-0.2, 0) is 24.3 Å². The van der Waals surface area contributed by atoms with Gasteiger partial charge in [0.2, 0.25) is 5.91 Å². The third kappa shape index (κ3) is 5.34. The number of para-hydroxylation sites is 1. The second kappa shape index (κ2) is 11.3. The molecule has 4 aromatic rings. The van der Waals surface area contributed by atoms with Gasteiger partial charge in [0.05, 0.1) is 11.7 Å². The fraction of sp³-hybridized carbons (Fsp3) is 0.333. The number of carbonyl (C=O) groups is 2. The van der Waals surface area contributed by atoms with Crippen molar-refractivity contribution >= 4 is 51.6 Å². The number of nitrogens with zero attached hydrogens (tertiary/aromatic N) is 4. The first-order valence-corrected chi connectivity index (χ1v) is 13.4. The predicted molar refractivity (Wildman–Crippen MR) is 146 cm³/mol. The number of ketones is 1. The van der Waals surface area contributed by atoms with Gasteiger partial charge in [0.25, 0.3) is 0 Å². The van der Waals surface area contributed by atoms with Crippen molar-refractivity contribution in [1.82, 2.24) is 19.3 Å². The first-order valence-electron chi connectivity index (χ1n) is 12.1. The van der Waals surface area contributed by atoms with Crippen LogP contribution in [0.4, 0.5) is 5.69 Å². The van der Waals surface area contributed by atoms with Crippen molar-refractivity contribution in [2.75, 3.05) is 5.32 Å². The van der Waals surface area contributed by atoms with Gasteiger partial charge in [-0.25, -0.2) is 0 Å². The summed E-state index contributed by atoms with van der Waals surface area (Å²) < 4.78 is 4.12. The maximum atomic E-state index is 13.6. The highest BCUT2D eigenvalue weighted by molar-refractivity contribution is 8.00. The summed E-state index contributed by atoms with van der Waals surface area (Å²) in [5.41, 5.74) is 3.47. The number of Topliss-reactive ketones (excluding diaryl/α,β-unsaturated/α-hetero) is 1. The van der Waals surface area contributed by atoms with Gasteiger partial charge in [0.15, 0.2) is 10.9 Å². The van der Waals surface area contributed by atoms with Gasteiger partial charge in [-0.15, -0.1) is 10.2 Å². The van der Waals surface area contributed by atoms with E-state index in [-0.39, 0.29) is 23.4 Å². The summed E-state index contributed by atoms with van der Waals surface area (Å²) in [7, 11) is 0. The van der Waals surface area contributed by atoms with Crippen molar-refractivity contribution < 1.29 is 9.59 Å². The molecule has 1 atom stereocenters. The van der Waals surface area contributed by atoms with E-state index in [0.717, 1.165) is 35.1 Å². The minimum atomic E-state index is -0.368. The van der Waals surface area contributed by atoms with E-state index in [2.05, 4.69) is 33.1 Å². The lowest BCUT2D eigenvalue weighted by molar-refractivity contribution is -0.115. The number of carbonyl (C=O) groups excluding carboxylic acids is 2. The van der Waals surface area contributed by atoms with Crippen molar-refractivity contribution in [2.45, 2.75) is 64.0 Å². The smallest absolute Gasteiger partial charge is 0.232 e. The number of fused-ring (bicyclic) bond motifs is 1. The second-order valence-corrected chi connectivity index (χ2v) is 10.4. The molecule has 0 aliphatic rings. The number of benzene rings is 2. The van der Waals surface area contributed by atoms with Crippen LogP contribution in [0.5, 0.6) is 0 Å². The minimum absolute atomic E-state index is 0.0643. The monoisotopic (exact) mass is 523 g/mol. The second-order valence-electron chi connectivity index (χ2n) is 8.63. The summed E-state index contributed by atoms with van der Waals surface area (Å²) in [6, 6.07) is 15.1. The molecule has 2 aromatic carbocycles. The van der Waals surface area contributed by atoms with E-state index in [9.17, 15) is 9.59 Å². The van der Waals surface area contributed by atoms with Crippen LogP contribution in [0.1, 0.15) is 49.1 Å². The Kier molecular flexibility index (Phi) is 8.16. The first-order chi connectivity index (χ1) is 17.3. The minimum Gasteiger partial charge on any atom is -0.344 e. The molecule has 0 bridgehead atoms. The highest BCUT2D eigenvalue weighted by atomic mass is 35.5. The Morgan fingerprint density at radius 1 is 1.08 bits per heavy atom. The highest BCUT2D eigenvalue weighted by Gasteiger charge is 2.26. The molecule has 1 N–H and O–H groups in total. The Morgan fingerprint density at radius 3 is 2.58 bits per heavy atom. The molecule has 0 radical (unpaired) electrons. The zero-order chi connectivity index (χ0) is 25.8. The molecule has 0 aliphatic carbocycles. The van der Waals surface area contributed by atoms with Gasteiger partial charge in [-0.2, -0.15) is 0 Å². The van der Waals surface area contributed by atoms with Crippen molar-refractivity contribution in [3.05, 3.63) is 70.6 Å². The van der Waals surface area contributed by atoms with E-state index >= 15 is 0 Å². The van der Waals surface area contributed by atoms with Crippen LogP contribution in [0, 0.1) is 6.92 Å². The maximum absolute atomic E-state index is 13.6. The SMILES string of the molecule is CCCn1c(C)c(C(=O)C(C)Sc2nnc(CC(=O)Nc3cccc(Cl)c3)n2CC)c2ccccc21. The van der Waals surface area contributed by atoms with E-state index in [0.29, 0.717) is 28.2 Å². The lowest BCUT2D eigenvalue weighted by Crippen LogP contribution is -2.18. The molecule has 2 aromatic heterocycles. The van der Waals surface area contributed by atoms with E-state index in [4.69, 9.17) is 11.6 Å². The van der Waals surface area contributed by atoms with Gasteiger partial charge >= 0.3 is 0 Å². The number of aromatic nitrogens is 4. The highest BCUT2D eigenvalue weighted by Crippen LogP contribution is 2.32. The lowest BCUT2D eigenvalue weighted by atomic mass is 10.0. The number of halogens is 1. The number of nitrogens with one attached hydrogen (secondary N) is 1. The van der Waals surface area contributed by atoms with Crippen LogP contribution in [0.25, 0.3) is 10.9 Å². The molecule has 7 nitrogen and oxygen atoms in total. The summed E-state index contributed by atoms with van der Waals surface area (Å²) in [5.74, 6) is 0.406. The van der Waals surface area contributed by atoms with Crippen molar-refractivity contribution in [3.63, 3.8) is 0 Å². The summed E-state index contributed by atoms with van der Waals surface area (Å²) in [5, 5.41) is 13.2. The van der Waals surface area contributed by atoms with E-state index in [1.807, 2.05) is 43.5 Å². The Bertz CT molecular complexity index is 1410.